The minimum absolute atomic E-state index is 0.127. The van der Waals surface area contributed by atoms with Crippen LogP contribution in [-0.2, 0) is 6.54 Å². The summed E-state index contributed by atoms with van der Waals surface area (Å²) in [4.78, 5) is 16.5. The fourth-order valence-electron chi connectivity index (χ4n) is 2.54. The molecule has 0 saturated heterocycles. The molecule has 0 fully saturated rings. The molecule has 0 bridgehead atoms. The third kappa shape index (κ3) is 5.20. The summed E-state index contributed by atoms with van der Waals surface area (Å²) in [5.41, 5.74) is 0.530. The average Bonchev–Trinajstić information content (AvgIpc) is 3.15. The van der Waals surface area contributed by atoms with Crippen molar-refractivity contribution >= 4 is 21.8 Å². The summed E-state index contributed by atoms with van der Waals surface area (Å²) < 4.78 is 8.84. The van der Waals surface area contributed by atoms with Crippen LogP contribution in [0.4, 0.5) is 0 Å². The number of nitrogens with zero attached hydrogens (tertiary/aromatic N) is 2. The Balaban J connectivity index is 1.53. The van der Waals surface area contributed by atoms with E-state index in [0.29, 0.717) is 23.6 Å². The molecular formula is C20H20BrN3O2. The van der Waals surface area contributed by atoms with Gasteiger partial charge in [0, 0.05) is 30.0 Å². The van der Waals surface area contributed by atoms with E-state index in [4.69, 9.17) is 4.74 Å². The van der Waals surface area contributed by atoms with E-state index in [2.05, 4.69) is 26.2 Å². The van der Waals surface area contributed by atoms with Gasteiger partial charge in [0.15, 0.2) is 0 Å². The molecule has 0 spiro atoms. The maximum absolute atomic E-state index is 12.5. The maximum atomic E-state index is 12.5. The zero-order valence-electron chi connectivity index (χ0n) is 14.3. The lowest BCUT2D eigenvalue weighted by molar-refractivity contribution is 0.0950. The van der Waals surface area contributed by atoms with Gasteiger partial charge in [0.05, 0.1) is 11.9 Å². The number of carbonyl (C=O) groups is 1. The lowest BCUT2D eigenvalue weighted by Crippen LogP contribution is -2.25. The molecular weight excluding hydrogens is 394 g/mol. The Bertz CT molecular complexity index is 850. The van der Waals surface area contributed by atoms with Crippen molar-refractivity contribution in [1.29, 1.82) is 0 Å². The molecule has 6 heteroatoms. The monoisotopic (exact) mass is 413 g/mol. The van der Waals surface area contributed by atoms with E-state index in [-0.39, 0.29) is 5.91 Å². The van der Waals surface area contributed by atoms with Crippen LogP contribution in [0, 0.1) is 0 Å². The summed E-state index contributed by atoms with van der Waals surface area (Å²) >= 11 is 3.42. The van der Waals surface area contributed by atoms with Gasteiger partial charge in [-0.05, 0) is 43.2 Å². The minimum Gasteiger partial charge on any atom is -0.456 e. The number of amides is 1. The summed E-state index contributed by atoms with van der Waals surface area (Å²) in [5, 5.41) is 2.96. The van der Waals surface area contributed by atoms with E-state index in [1.54, 1.807) is 24.7 Å². The summed E-state index contributed by atoms with van der Waals surface area (Å²) in [7, 11) is 0. The molecule has 26 heavy (non-hydrogen) atoms. The van der Waals surface area contributed by atoms with Crippen molar-refractivity contribution in [3.05, 3.63) is 77.3 Å². The smallest absolute Gasteiger partial charge is 0.255 e. The van der Waals surface area contributed by atoms with Crippen molar-refractivity contribution in [2.75, 3.05) is 6.54 Å². The number of imidazole rings is 1. The third-order valence-corrected chi connectivity index (χ3v) is 4.34. The molecule has 0 unspecified atom stereocenters. The third-order valence-electron chi connectivity index (χ3n) is 3.84. The number of aryl methyl sites for hydroxylation is 1. The molecule has 2 aromatic carbocycles. The lowest BCUT2D eigenvalue weighted by atomic mass is 10.2. The number of rotatable bonds is 8. The van der Waals surface area contributed by atoms with Gasteiger partial charge < -0.3 is 14.6 Å². The van der Waals surface area contributed by atoms with Crippen LogP contribution < -0.4 is 10.1 Å². The van der Waals surface area contributed by atoms with Crippen LogP contribution in [0.3, 0.4) is 0 Å². The van der Waals surface area contributed by atoms with Crippen molar-refractivity contribution in [3.63, 3.8) is 0 Å². The molecule has 0 aliphatic carbocycles. The van der Waals surface area contributed by atoms with E-state index >= 15 is 0 Å². The second kappa shape index (κ2) is 9.20. The van der Waals surface area contributed by atoms with E-state index in [9.17, 15) is 4.79 Å². The van der Waals surface area contributed by atoms with Crippen LogP contribution in [0.5, 0.6) is 11.5 Å². The maximum Gasteiger partial charge on any atom is 0.255 e. The van der Waals surface area contributed by atoms with Crippen LogP contribution in [0.2, 0.25) is 0 Å². The molecule has 1 amide bonds. The highest BCUT2D eigenvalue weighted by molar-refractivity contribution is 9.10. The molecule has 3 aromatic rings. The first kappa shape index (κ1) is 18.2. The van der Waals surface area contributed by atoms with Crippen LogP contribution in [0.15, 0.2) is 71.7 Å². The topological polar surface area (TPSA) is 56.2 Å². The number of hydrogen-bond acceptors (Lipinski definition) is 3. The van der Waals surface area contributed by atoms with Crippen molar-refractivity contribution < 1.29 is 9.53 Å². The lowest BCUT2D eigenvalue weighted by Gasteiger charge is -2.12. The summed E-state index contributed by atoms with van der Waals surface area (Å²) in [5.74, 6) is 1.10. The van der Waals surface area contributed by atoms with Gasteiger partial charge in [-0.3, -0.25) is 4.79 Å². The van der Waals surface area contributed by atoms with Gasteiger partial charge >= 0.3 is 0 Å². The summed E-state index contributed by atoms with van der Waals surface area (Å²) in [6.07, 6.45) is 7.39. The van der Waals surface area contributed by atoms with E-state index < -0.39 is 0 Å². The van der Waals surface area contributed by atoms with Gasteiger partial charge in [0.25, 0.3) is 5.91 Å². The Kier molecular flexibility index (Phi) is 6.44. The van der Waals surface area contributed by atoms with Crippen molar-refractivity contribution in [3.8, 4) is 11.5 Å². The highest BCUT2D eigenvalue weighted by atomic mass is 79.9. The number of hydrogen-bond donors (Lipinski definition) is 1. The molecule has 0 aliphatic heterocycles. The number of nitrogens with one attached hydrogen (secondary N) is 1. The number of unbranched alkanes of at least 4 members (excludes halogenated alkanes) is 1. The summed E-state index contributed by atoms with van der Waals surface area (Å²) in [6, 6.07) is 14.8. The van der Waals surface area contributed by atoms with Gasteiger partial charge in [0.1, 0.15) is 11.5 Å². The fourth-order valence-corrected chi connectivity index (χ4v) is 2.91. The van der Waals surface area contributed by atoms with Crippen molar-refractivity contribution in [1.82, 2.24) is 14.9 Å². The first-order chi connectivity index (χ1) is 12.7. The zero-order valence-corrected chi connectivity index (χ0v) is 15.9. The zero-order chi connectivity index (χ0) is 18.2. The normalized spacial score (nSPS) is 10.5. The van der Waals surface area contributed by atoms with E-state index in [1.165, 1.54) is 0 Å². The molecule has 5 nitrogen and oxygen atoms in total. The Hall–Kier alpha value is -2.60. The Labute approximate surface area is 161 Å². The SMILES string of the molecule is O=C(NCCCCn1ccnc1)c1ccccc1Oc1cccc(Br)c1. The molecule has 134 valence electrons. The first-order valence-electron chi connectivity index (χ1n) is 8.49. The Morgan fingerprint density at radius 1 is 1.15 bits per heavy atom. The molecule has 1 heterocycles. The number of halogens is 1. The van der Waals surface area contributed by atoms with Gasteiger partial charge in [-0.1, -0.05) is 34.1 Å². The molecule has 3 rings (SSSR count). The van der Waals surface area contributed by atoms with E-state index in [1.807, 2.05) is 47.2 Å². The number of ether oxygens (including phenoxy) is 1. The average molecular weight is 414 g/mol. The number of aromatic nitrogens is 2. The second-order valence-corrected chi connectivity index (χ2v) is 6.73. The standard InChI is InChI=1S/C20H20BrN3O2/c21-16-6-5-7-17(14-16)26-19-9-2-1-8-18(19)20(25)23-10-3-4-12-24-13-11-22-15-24/h1-2,5-9,11,13-15H,3-4,10,12H2,(H,23,25). The molecule has 0 aliphatic rings. The fraction of sp³-hybridized carbons (Fsp3) is 0.200. The minimum atomic E-state index is -0.127. The largest absolute Gasteiger partial charge is 0.456 e. The van der Waals surface area contributed by atoms with Gasteiger partial charge in [0.2, 0.25) is 0 Å². The molecule has 0 saturated carbocycles. The molecule has 1 N–H and O–H groups in total. The predicted octanol–water partition coefficient (Wildman–Crippen LogP) is 4.65. The predicted molar refractivity (Wildman–Crippen MR) is 104 cm³/mol. The van der Waals surface area contributed by atoms with Crippen LogP contribution in [0.1, 0.15) is 23.2 Å². The molecule has 0 atom stereocenters. The summed E-state index contributed by atoms with van der Waals surface area (Å²) in [6.45, 7) is 1.53. The molecule has 0 radical (unpaired) electrons. The number of benzene rings is 2. The number of carbonyl (C=O) groups excluding carboxylic acids is 1. The molecule has 1 aromatic heterocycles. The quantitative estimate of drug-likeness (QED) is 0.546. The second-order valence-electron chi connectivity index (χ2n) is 5.82. The number of para-hydroxylation sites is 1. The van der Waals surface area contributed by atoms with Crippen LogP contribution >= 0.6 is 15.9 Å². The Morgan fingerprint density at radius 2 is 2.04 bits per heavy atom. The van der Waals surface area contributed by atoms with Crippen LogP contribution in [0.25, 0.3) is 0 Å². The van der Waals surface area contributed by atoms with Crippen molar-refractivity contribution in [2.45, 2.75) is 19.4 Å². The van der Waals surface area contributed by atoms with Gasteiger partial charge in [-0.25, -0.2) is 4.98 Å². The highest BCUT2D eigenvalue weighted by Crippen LogP contribution is 2.27. The van der Waals surface area contributed by atoms with Crippen LogP contribution in [-0.4, -0.2) is 22.0 Å². The van der Waals surface area contributed by atoms with Gasteiger partial charge in [-0.2, -0.15) is 0 Å². The van der Waals surface area contributed by atoms with E-state index in [0.717, 1.165) is 23.9 Å². The Morgan fingerprint density at radius 3 is 2.85 bits per heavy atom. The van der Waals surface area contributed by atoms with Gasteiger partial charge in [-0.15, -0.1) is 0 Å². The first-order valence-corrected chi connectivity index (χ1v) is 9.28. The van der Waals surface area contributed by atoms with Crippen molar-refractivity contribution in [2.24, 2.45) is 0 Å². The highest BCUT2D eigenvalue weighted by Gasteiger charge is 2.12.